The molecular formula is C32H34FN5O4. The molecule has 2 N–H and O–H groups in total. The molecule has 1 aliphatic rings. The number of nitrogens with one attached hydrogen (secondary N) is 2. The first-order valence-corrected chi connectivity index (χ1v) is 14.0. The molecule has 1 unspecified atom stereocenters. The first-order valence-electron chi connectivity index (χ1n) is 14.0. The highest BCUT2D eigenvalue weighted by Gasteiger charge is 2.34. The number of hydrogen-bond acceptors (Lipinski definition) is 5. The van der Waals surface area contributed by atoms with Gasteiger partial charge in [0.05, 0.1) is 24.2 Å². The first-order chi connectivity index (χ1) is 20.2. The maximum atomic E-state index is 14.0. The van der Waals surface area contributed by atoms with Crippen LogP contribution in [0.3, 0.4) is 0 Å². The Hall–Kier alpha value is -4.73. The number of carbonyl (C=O) groups is 3. The van der Waals surface area contributed by atoms with Gasteiger partial charge in [0.25, 0.3) is 0 Å². The molecule has 3 aromatic carbocycles. The van der Waals surface area contributed by atoms with E-state index < -0.39 is 12.1 Å². The molecule has 0 aliphatic carbocycles. The van der Waals surface area contributed by atoms with Crippen molar-refractivity contribution in [2.45, 2.75) is 45.7 Å². The number of nitrogens with zero attached hydrogens (tertiary/aromatic N) is 3. The zero-order chi connectivity index (χ0) is 29.8. The SMILES string of the molecule is CCCN(Cc1cc(-c2ccc3nc(NC(=O)OC)[nH]c3c2)ccc1C)C(=O)N1CCC(=O)CC1c1ccc(F)cc1. The molecule has 5 rings (SSSR count). The molecule has 42 heavy (non-hydrogen) atoms. The van der Waals surface area contributed by atoms with Crippen LogP contribution < -0.4 is 5.32 Å². The number of imidazole rings is 1. The fraction of sp³-hybridized carbons (Fsp3) is 0.312. The van der Waals surface area contributed by atoms with Crippen LogP contribution in [-0.2, 0) is 16.1 Å². The van der Waals surface area contributed by atoms with E-state index in [4.69, 9.17) is 0 Å². The van der Waals surface area contributed by atoms with E-state index in [9.17, 15) is 18.8 Å². The highest BCUT2D eigenvalue weighted by atomic mass is 19.1. The van der Waals surface area contributed by atoms with Crippen LogP contribution in [0.2, 0.25) is 0 Å². The predicted molar refractivity (Wildman–Crippen MR) is 158 cm³/mol. The van der Waals surface area contributed by atoms with E-state index in [0.29, 0.717) is 37.5 Å². The number of methoxy groups -OCH3 is 1. The third kappa shape index (κ3) is 6.27. The number of halogens is 1. The average Bonchev–Trinajstić information content (AvgIpc) is 3.39. The minimum atomic E-state index is -0.608. The Morgan fingerprint density at radius 3 is 2.60 bits per heavy atom. The van der Waals surface area contributed by atoms with Gasteiger partial charge in [0.1, 0.15) is 11.6 Å². The topological polar surface area (TPSA) is 108 Å². The van der Waals surface area contributed by atoms with Crippen LogP contribution in [0.25, 0.3) is 22.2 Å². The zero-order valence-corrected chi connectivity index (χ0v) is 23.9. The number of hydrogen-bond donors (Lipinski definition) is 2. The third-order valence-electron chi connectivity index (χ3n) is 7.62. The maximum Gasteiger partial charge on any atom is 0.413 e. The molecule has 0 radical (unpaired) electrons. The Kier molecular flexibility index (Phi) is 8.51. The number of urea groups is 1. The minimum absolute atomic E-state index is 0.0985. The molecule has 1 atom stereocenters. The number of amides is 3. The van der Waals surface area contributed by atoms with Gasteiger partial charge < -0.3 is 19.5 Å². The number of aromatic nitrogens is 2. The summed E-state index contributed by atoms with van der Waals surface area (Å²) in [6.07, 6.45) is 0.698. The van der Waals surface area contributed by atoms with Crippen LogP contribution in [0, 0.1) is 12.7 Å². The van der Waals surface area contributed by atoms with Gasteiger partial charge in [-0.05, 0) is 71.5 Å². The van der Waals surface area contributed by atoms with Crippen molar-refractivity contribution >= 4 is 34.9 Å². The molecular weight excluding hydrogens is 537 g/mol. The van der Waals surface area contributed by atoms with Gasteiger partial charge in [-0.1, -0.05) is 37.3 Å². The number of ketones is 1. The summed E-state index contributed by atoms with van der Waals surface area (Å²) >= 11 is 0. The van der Waals surface area contributed by atoms with Crippen molar-refractivity contribution in [1.29, 1.82) is 0 Å². The molecule has 4 aromatic rings. The van der Waals surface area contributed by atoms with E-state index >= 15 is 0 Å². The van der Waals surface area contributed by atoms with Crippen molar-refractivity contribution in [3.8, 4) is 11.1 Å². The van der Waals surface area contributed by atoms with Crippen molar-refractivity contribution in [3.63, 3.8) is 0 Å². The lowest BCUT2D eigenvalue weighted by Crippen LogP contribution is -2.48. The molecule has 3 amide bonds. The normalized spacial score (nSPS) is 15.1. The lowest BCUT2D eigenvalue weighted by Gasteiger charge is -2.39. The van der Waals surface area contributed by atoms with Gasteiger partial charge in [0, 0.05) is 32.5 Å². The van der Waals surface area contributed by atoms with Crippen molar-refractivity contribution in [3.05, 3.63) is 83.2 Å². The molecule has 0 saturated carbocycles. The molecule has 9 nitrogen and oxygen atoms in total. The largest absolute Gasteiger partial charge is 0.453 e. The first kappa shape index (κ1) is 28.8. The number of carbonyl (C=O) groups excluding carboxylic acids is 3. The fourth-order valence-electron chi connectivity index (χ4n) is 5.36. The van der Waals surface area contributed by atoms with Gasteiger partial charge in [-0.2, -0.15) is 0 Å². The lowest BCUT2D eigenvalue weighted by molar-refractivity contribution is -0.122. The fourth-order valence-corrected chi connectivity index (χ4v) is 5.36. The third-order valence-corrected chi connectivity index (χ3v) is 7.62. The van der Waals surface area contributed by atoms with Gasteiger partial charge in [0.2, 0.25) is 5.95 Å². The lowest BCUT2D eigenvalue weighted by atomic mass is 9.94. The van der Waals surface area contributed by atoms with Gasteiger partial charge in [-0.3, -0.25) is 10.1 Å². The van der Waals surface area contributed by atoms with Crippen LogP contribution >= 0.6 is 0 Å². The zero-order valence-electron chi connectivity index (χ0n) is 23.9. The Bertz CT molecular complexity index is 1620. The standard InChI is InChI=1S/C32H34FN5O4/c1-4-14-37(32(41)38-15-13-26(39)18-29(38)21-7-10-25(33)11-8-21)19-24-16-22(6-5-20(24)2)23-9-12-27-28(17-23)35-30(34-27)36-31(40)42-3/h5-12,16-17,29H,4,13-15,18-19H2,1-3H3,(H2,34,35,36,40). The molecule has 0 spiro atoms. The van der Waals surface area contributed by atoms with E-state index in [2.05, 4.69) is 26.1 Å². The molecule has 10 heteroatoms. The molecule has 1 fully saturated rings. The smallest absolute Gasteiger partial charge is 0.413 e. The molecule has 1 aromatic heterocycles. The summed E-state index contributed by atoms with van der Waals surface area (Å²) in [6, 6.07) is 17.5. The second-order valence-corrected chi connectivity index (χ2v) is 10.5. The molecule has 2 heterocycles. The Balaban J connectivity index is 1.40. The second-order valence-electron chi connectivity index (χ2n) is 10.5. The Morgan fingerprint density at radius 2 is 1.86 bits per heavy atom. The number of piperidine rings is 1. The predicted octanol–water partition coefficient (Wildman–Crippen LogP) is 6.59. The van der Waals surface area contributed by atoms with Crippen LogP contribution in [-0.4, -0.2) is 57.9 Å². The van der Waals surface area contributed by atoms with E-state index in [0.717, 1.165) is 39.8 Å². The summed E-state index contributed by atoms with van der Waals surface area (Å²) in [5.41, 5.74) is 6.22. The molecule has 0 bridgehead atoms. The summed E-state index contributed by atoms with van der Waals surface area (Å²) < 4.78 is 18.2. The van der Waals surface area contributed by atoms with Crippen molar-refractivity contribution < 1.29 is 23.5 Å². The summed E-state index contributed by atoms with van der Waals surface area (Å²) in [5, 5.41) is 2.54. The second kappa shape index (κ2) is 12.4. The molecule has 1 saturated heterocycles. The number of fused-ring (bicyclic) bond motifs is 1. The van der Waals surface area contributed by atoms with Crippen molar-refractivity contribution in [2.75, 3.05) is 25.5 Å². The summed E-state index contributed by atoms with van der Waals surface area (Å²) in [4.78, 5) is 49.0. The number of rotatable bonds is 7. The van der Waals surface area contributed by atoms with Gasteiger partial charge in [-0.25, -0.2) is 19.0 Å². The van der Waals surface area contributed by atoms with E-state index in [-0.39, 0.29) is 24.1 Å². The maximum absolute atomic E-state index is 14.0. The number of H-pyrrole nitrogens is 1. The summed E-state index contributed by atoms with van der Waals surface area (Å²) in [7, 11) is 1.29. The number of anilines is 1. The van der Waals surface area contributed by atoms with Gasteiger partial charge in [0.15, 0.2) is 0 Å². The van der Waals surface area contributed by atoms with Crippen LogP contribution in [0.4, 0.5) is 19.9 Å². The minimum Gasteiger partial charge on any atom is -0.453 e. The van der Waals surface area contributed by atoms with Gasteiger partial charge in [-0.15, -0.1) is 0 Å². The number of aromatic amines is 1. The summed E-state index contributed by atoms with van der Waals surface area (Å²) in [5.74, 6) is 0.0405. The summed E-state index contributed by atoms with van der Waals surface area (Å²) in [6.45, 7) is 5.35. The Morgan fingerprint density at radius 1 is 1.12 bits per heavy atom. The van der Waals surface area contributed by atoms with E-state index in [1.54, 1.807) is 17.0 Å². The average molecular weight is 572 g/mol. The Labute approximate surface area is 243 Å². The number of aryl methyl sites for hydroxylation is 1. The number of benzene rings is 3. The van der Waals surface area contributed by atoms with E-state index in [1.165, 1.54) is 19.2 Å². The number of ether oxygens (including phenoxy) is 1. The van der Waals surface area contributed by atoms with Crippen molar-refractivity contribution in [2.24, 2.45) is 0 Å². The van der Waals surface area contributed by atoms with Crippen molar-refractivity contribution in [1.82, 2.24) is 19.8 Å². The molecule has 1 aliphatic heterocycles. The molecule has 218 valence electrons. The number of Topliss-reactive ketones (excluding diaryl/α,β-unsaturated/α-hetero) is 1. The quantitative estimate of drug-likeness (QED) is 0.260. The monoisotopic (exact) mass is 571 g/mol. The number of likely N-dealkylation sites (tertiary alicyclic amines) is 1. The van der Waals surface area contributed by atoms with Crippen LogP contribution in [0.5, 0.6) is 0 Å². The highest BCUT2D eigenvalue weighted by molar-refractivity contribution is 5.88. The van der Waals surface area contributed by atoms with Crippen LogP contribution in [0.1, 0.15) is 48.9 Å². The van der Waals surface area contributed by atoms with Gasteiger partial charge >= 0.3 is 12.1 Å². The van der Waals surface area contributed by atoms with Crippen LogP contribution in [0.15, 0.2) is 60.7 Å². The highest BCUT2D eigenvalue weighted by Crippen LogP contribution is 2.32. The van der Waals surface area contributed by atoms with E-state index in [1.807, 2.05) is 49.1 Å².